The van der Waals surface area contributed by atoms with E-state index in [0.717, 1.165) is 49.7 Å². The highest BCUT2D eigenvalue weighted by molar-refractivity contribution is 7.16. The van der Waals surface area contributed by atoms with Gasteiger partial charge in [0.25, 0.3) is 0 Å². The second-order valence-corrected chi connectivity index (χ2v) is 5.98. The number of morpholine rings is 1. The van der Waals surface area contributed by atoms with Crippen LogP contribution in [0.15, 0.2) is 4.99 Å². The van der Waals surface area contributed by atoms with Crippen LogP contribution in [0.3, 0.4) is 0 Å². The third-order valence-electron chi connectivity index (χ3n) is 3.65. The Balaban J connectivity index is 1.82. The number of fused-ring (bicyclic) bond motifs is 1. The molecule has 100 valence electrons. The van der Waals surface area contributed by atoms with Gasteiger partial charge < -0.3 is 9.64 Å². The third-order valence-corrected chi connectivity index (χ3v) is 4.85. The molecule has 0 N–H and O–H groups in total. The van der Waals surface area contributed by atoms with Crippen LogP contribution >= 0.6 is 11.3 Å². The number of hydrogen-bond donors (Lipinski definition) is 0. The van der Waals surface area contributed by atoms with Crippen molar-refractivity contribution in [3.05, 3.63) is 16.0 Å². The molecule has 0 radical (unpaired) electrons. The predicted octanol–water partition coefficient (Wildman–Crippen LogP) is 2.49. The summed E-state index contributed by atoms with van der Waals surface area (Å²) in [5.41, 5.74) is 2.07. The molecular weight excluding hydrogens is 258 g/mol. The number of hydrogen-bond acceptors (Lipinski definition) is 4. The van der Waals surface area contributed by atoms with Gasteiger partial charge in [0.2, 0.25) is 0 Å². The van der Waals surface area contributed by atoms with Crippen LogP contribution in [0.1, 0.15) is 28.8 Å². The molecule has 2 aliphatic rings. The maximum absolute atomic E-state index is 9.35. The number of aryl methyl sites for hydroxylation is 1. The first-order chi connectivity index (χ1) is 9.38. The molecule has 0 saturated carbocycles. The van der Waals surface area contributed by atoms with Crippen molar-refractivity contribution in [2.75, 3.05) is 26.3 Å². The summed E-state index contributed by atoms with van der Waals surface area (Å²) in [6.45, 7) is 3.29. The van der Waals surface area contributed by atoms with Crippen molar-refractivity contribution in [3.8, 4) is 6.07 Å². The summed E-state index contributed by atoms with van der Waals surface area (Å²) in [5.74, 6) is 0. The summed E-state index contributed by atoms with van der Waals surface area (Å²) in [6, 6.07) is 2.34. The summed E-state index contributed by atoms with van der Waals surface area (Å²) in [4.78, 5) is 8.08. The van der Waals surface area contributed by atoms with E-state index in [1.807, 2.05) is 6.34 Å². The molecule has 0 bridgehead atoms. The van der Waals surface area contributed by atoms with Gasteiger partial charge in [-0.3, -0.25) is 0 Å². The average Bonchev–Trinajstić information content (AvgIpc) is 2.83. The van der Waals surface area contributed by atoms with Crippen molar-refractivity contribution in [3.63, 3.8) is 0 Å². The summed E-state index contributed by atoms with van der Waals surface area (Å²) >= 11 is 1.70. The Kier molecular flexibility index (Phi) is 3.81. The van der Waals surface area contributed by atoms with Gasteiger partial charge in [0, 0.05) is 18.0 Å². The Morgan fingerprint density at radius 1 is 1.26 bits per heavy atom. The van der Waals surface area contributed by atoms with Crippen molar-refractivity contribution >= 4 is 22.7 Å². The van der Waals surface area contributed by atoms with E-state index in [9.17, 15) is 5.26 Å². The van der Waals surface area contributed by atoms with Crippen molar-refractivity contribution in [2.45, 2.75) is 25.7 Å². The Morgan fingerprint density at radius 3 is 2.84 bits per heavy atom. The van der Waals surface area contributed by atoms with Crippen LogP contribution in [-0.4, -0.2) is 37.5 Å². The number of ether oxygens (including phenoxy) is 1. The summed E-state index contributed by atoms with van der Waals surface area (Å²) < 4.78 is 5.31. The molecule has 0 amide bonds. The van der Waals surface area contributed by atoms with Gasteiger partial charge in [-0.05, 0) is 31.2 Å². The molecule has 0 spiro atoms. The maximum Gasteiger partial charge on any atom is 0.136 e. The van der Waals surface area contributed by atoms with Crippen LogP contribution in [-0.2, 0) is 17.6 Å². The molecule has 5 heteroatoms. The van der Waals surface area contributed by atoms with Gasteiger partial charge in [0.15, 0.2) is 0 Å². The molecule has 3 rings (SSSR count). The zero-order chi connectivity index (χ0) is 13.1. The van der Waals surface area contributed by atoms with Crippen LogP contribution in [0, 0.1) is 11.3 Å². The van der Waals surface area contributed by atoms with Crippen molar-refractivity contribution < 1.29 is 4.74 Å². The SMILES string of the molecule is N#Cc1c(N=CN2CCOCC2)sc2c1CCCC2. The predicted molar refractivity (Wildman–Crippen MR) is 76.2 cm³/mol. The second-order valence-electron chi connectivity index (χ2n) is 4.90. The minimum atomic E-state index is 0.762. The van der Waals surface area contributed by atoms with E-state index in [4.69, 9.17) is 4.74 Å². The van der Waals surface area contributed by atoms with Crippen LogP contribution in [0.4, 0.5) is 5.00 Å². The highest BCUT2D eigenvalue weighted by Crippen LogP contribution is 2.39. The van der Waals surface area contributed by atoms with Crippen molar-refractivity contribution in [2.24, 2.45) is 4.99 Å². The highest BCUT2D eigenvalue weighted by atomic mass is 32.1. The number of nitriles is 1. The van der Waals surface area contributed by atoms with E-state index < -0.39 is 0 Å². The summed E-state index contributed by atoms with van der Waals surface area (Å²) in [7, 11) is 0. The van der Waals surface area contributed by atoms with Crippen molar-refractivity contribution in [1.29, 1.82) is 5.26 Å². The van der Waals surface area contributed by atoms with Gasteiger partial charge in [-0.2, -0.15) is 5.26 Å². The van der Waals surface area contributed by atoms with Gasteiger partial charge in [0.1, 0.15) is 11.1 Å². The number of nitrogens with zero attached hydrogens (tertiary/aromatic N) is 3. The van der Waals surface area contributed by atoms with Crippen LogP contribution < -0.4 is 0 Å². The fourth-order valence-electron chi connectivity index (χ4n) is 2.58. The third kappa shape index (κ3) is 2.65. The van der Waals surface area contributed by atoms with Crippen LogP contribution in [0.25, 0.3) is 0 Å². The van der Waals surface area contributed by atoms with E-state index in [-0.39, 0.29) is 0 Å². The van der Waals surface area contributed by atoms with E-state index in [1.54, 1.807) is 11.3 Å². The zero-order valence-electron chi connectivity index (χ0n) is 10.9. The Morgan fingerprint density at radius 2 is 2.05 bits per heavy atom. The minimum Gasteiger partial charge on any atom is -0.378 e. The molecule has 19 heavy (non-hydrogen) atoms. The summed E-state index contributed by atoms with van der Waals surface area (Å²) in [5, 5.41) is 10.2. The molecule has 1 aromatic heterocycles. The fraction of sp³-hybridized carbons (Fsp3) is 0.571. The molecule has 1 aromatic rings. The molecule has 0 atom stereocenters. The lowest BCUT2D eigenvalue weighted by Gasteiger charge is -2.23. The van der Waals surface area contributed by atoms with Crippen molar-refractivity contribution in [1.82, 2.24) is 4.90 Å². The van der Waals surface area contributed by atoms with E-state index in [0.29, 0.717) is 0 Å². The molecule has 1 aliphatic heterocycles. The molecule has 1 fully saturated rings. The Labute approximate surface area is 117 Å². The summed E-state index contributed by atoms with van der Waals surface area (Å²) in [6.07, 6.45) is 6.47. The van der Waals surface area contributed by atoms with Crippen LogP contribution in [0.5, 0.6) is 0 Å². The van der Waals surface area contributed by atoms with E-state index in [1.165, 1.54) is 23.3 Å². The first-order valence-corrected chi connectivity index (χ1v) is 7.61. The first kappa shape index (κ1) is 12.6. The quantitative estimate of drug-likeness (QED) is 0.615. The van der Waals surface area contributed by atoms with E-state index >= 15 is 0 Å². The number of thiophene rings is 1. The molecule has 4 nitrogen and oxygen atoms in total. The van der Waals surface area contributed by atoms with Crippen LogP contribution in [0.2, 0.25) is 0 Å². The second kappa shape index (κ2) is 5.72. The van der Waals surface area contributed by atoms with Gasteiger partial charge in [-0.1, -0.05) is 0 Å². The molecule has 1 saturated heterocycles. The molecule has 2 heterocycles. The maximum atomic E-state index is 9.35. The molecule has 0 aromatic carbocycles. The molecule has 1 aliphatic carbocycles. The van der Waals surface area contributed by atoms with Gasteiger partial charge in [-0.25, -0.2) is 4.99 Å². The topological polar surface area (TPSA) is 48.6 Å². The first-order valence-electron chi connectivity index (χ1n) is 6.79. The molecule has 0 unspecified atom stereocenters. The van der Waals surface area contributed by atoms with Gasteiger partial charge in [0.05, 0.1) is 25.1 Å². The van der Waals surface area contributed by atoms with Gasteiger partial charge in [-0.15, -0.1) is 11.3 Å². The fourth-order valence-corrected chi connectivity index (χ4v) is 3.76. The minimum absolute atomic E-state index is 0.762. The highest BCUT2D eigenvalue weighted by Gasteiger charge is 2.20. The largest absolute Gasteiger partial charge is 0.378 e. The smallest absolute Gasteiger partial charge is 0.136 e. The lowest BCUT2D eigenvalue weighted by Crippen LogP contribution is -2.34. The van der Waals surface area contributed by atoms with Gasteiger partial charge >= 0.3 is 0 Å². The lowest BCUT2D eigenvalue weighted by atomic mass is 9.96. The normalized spacial score (nSPS) is 19.4. The monoisotopic (exact) mass is 275 g/mol. The average molecular weight is 275 g/mol. The zero-order valence-corrected chi connectivity index (χ0v) is 11.7. The number of rotatable bonds is 2. The Hall–Kier alpha value is -1.38. The Bertz CT molecular complexity index is 524. The lowest BCUT2D eigenvalue weighted by molar-refractivity contribution is 0.0701. The standard InChI is InChI=1S/C14H17N3OS/c15-9-12-11-3-1-2-4-13(11)19-14(12)16-10-17-5-7-18-8-6-17/h10H,1-8H2. The van der Waals surface area contributed by atoms with E-state index in [2.05, 4.69) is 16.0 Å². The number of aliphatic imine (C=N–C) groups is 1. The molecular formula is C14H17N3OS.